The number of amides is 4. The third kappa shape index (κ3) is 105. The van der Waals surface area contributed by atoms with Crippen LogP contribution >= 0.6 is 30.9 Å². The van der Waals surface area contributed by atoms with Gasteiger partial charge in [0.25, 0.3) is 0 Å². The maximum atomic E-state index is 11.9. The van der Waals surface area contributed by atoms with Crippen molar-refractivity contribution in [1.82, 2.24) is 25.3 Å². The molecule has 0 radical (unpaired) electrons. The van der Waals surface area contributed by atoms with E-state index in [4.69, 9.17) is 65.4 Å². The van der Waals surface area contributed by atoms with Crippen LogP contribution in [0.4, 0.5) is 9.59 Å². The molecule has 0 fully saturated rings. The standard InChI is InChI=1S/C9H16N2O9.C5H10NO4P.C4H9NO2.C3H8NO2P.CH4N2O.CO2.CH4.ClH.6H2O/c12-5(13)1-10(2-6(14)15)9(20)11(3-7(16)17)4-8(18)19;7-4(8)1-6(3-11)2-5(9)10;1-2-5-3-4(6)7;5-3(6)1-4-2-7;2-1(3)4;2-1-3;;;;;;;;/h5-6,12-15H,1-4H2,(H,16,17)(H,18,19);1-3,11H2,(H,7,8)(H,9,10);5H,2-3H2,1H3,(H,6,7);4H,1-2,7H2,(H,5,6);(H4,2,3,4);;1H4;1H;6*1H2. The molecule has 0 saturated carbocycles. The molecule has 0 aliphatic carbocycles. The molecule has 28 N–H and O–H groups in total. The van der Waals surface area contributed by atoms with E-state index < -0.39 is 86.6 Å². The van der Waals surface area contributed by atoms with Crippen molar-refractivity contribution < 1.29 is 132 Å². The largest absolute Gasteiger partial charge is 0.480 e. The van der Waals surface area contributed by atoms with E-state index in [2.05, 4.69) is 40.6 Å². The lowest BCUT2D eigenvalue weighted by molar-refractivity contribution is -0.192. The SMILES string of the molecule is C.CCNCC(=O)O.Cl.NC(N)=O.O.O.O.O.O.O.O=C(O)CN(CC(=O)O)C(=O)N(CC(O)O)CC(O)O.O=C(O)CN(CP)CC(=O)O.O=C(O)CNCP.O=C=O. The lowest BCUT2D eigenvalue weighted by Crippen LogP contribution is -2.51. The molecule has 0 saturated heterocycles. The molecule has 2 atom stereocenters. The predicted molar refractivity (Wildman–Crippen MR) is 213 cm³/mol. The van der Waals surface area contributed by atoms with Crippen molar-refractivity contribution in [2.75, 3.05) is 71.5 Å². The highest BCUT2D eigenvalue weighted by Gasteiger charge is 2.27. The molecule has 0 heterocycles. The number of aliphatic hydroxyl groups excluding tert-OH is 2. The number of carboxylic acids is 6. The first-order valence-electron chi connectivity index (χ1n) is 13.5. The molecule has 0 rings (SSSR count). The number of halogens is 1. The first kappa shape index (κ1) is 95.6. The second-order valence-corrected chi connectivity index (χ2v) is 9.21. The van der Waals surface area contributed by atoms with Crippen LogP contribution in [0.5, 0.6) is 0 Å². The minimum absolute atomic E-state index is 0. The van der Waals surface area contributed by atoms with Gasteiger partial charge in [-0.15, -0.1) is 30.9 Å². The van der Waals surface area contributed by atoms with Crippen molar-refractivity contribution in [3.8, 4) is 0 Å². The molecule has 60 heavy (non-hydrogen) atoms. The zero-order chi connectivity index (χ0) is 42.4. The number of carbonyl (C=O) groups excluding carboxylic acids is 4. The number of carboxylic acid groups (broad SMARTS) is 6. The van der Waals surface area contributed by atoms with E-state index in [0.717, 1.165) is 0 Å². The Labute approximate surface area is 351 Å². The van der Waals surface area contributed by atoms with Crippen molar-refractivity contribution in [3.05, 3.63) is 0 Å². The molecular weight excluding hydrogens is 900 g/mol. The number of aliphatic hydroxyl groups is 4. The van der Waals surface area contributed by atoms with Crippen molar-refractivity contribution in [2.45, 2.75) is 26.9 Å². The molecule has 4 amide bonds. The summed E-state index contributed by atoms with van der Waals surface area (Å²) < 4.78 is 0. The fourth-order valence-corrected chi connectivity index (χ4v) is 2.72. The minimum Gasteiger partial charge on any atom is -0.480 e. The van der Waals surface area contributed by atoms with Gasteiger partial charge in [-0.05, 0) is 6.54 Å². The summed E-state index contributed by atoms with van der Waals surface area (Å²) in [7, 11) is 4.64. The summed E-state index contributed by atoms with van der Waals surface area (Å²) in [6.07, 6.45) is -2.78. The number of hydrogen-bond donors (Lipinski definition) is 14. The molecule has 0 spiro atoms. The molecule has 0 aliphatic heterocycles. The third-order valence-corrected chi connectivity index (χ3v) is 4.69. The van der Waals surface area contributed by atoms with Crippen LogP contribution in [0, 0.1) is 0 Å². The quantitative estimate of drug-likeness (QED) is 0.0422. The average Bonchev–Trinajstić information content (AvgIpc) is 2.97. The van der Waals surface area contributed by atoms with Crippen LogP contribution in [-0.4, -0.2) is 237 Å². The van der Waals surface area contributed by atoms with Gasteiger partial charge in [-0.1, -0.05) is 14.4 Å². The van der Waals surface area contributed by atoms with Gasteiger partial charge in [0.15, 0.2) is 12.6 Å². The number of carbonyl (C=O) groups is 8. The molecule has 0 aromatic carbocycles. The van der Waals surface area contributed by atoms with Gasteiger partial charge in [-0.2, -0.15) is 9.59 Å². The summed E-state index contributed by atoms with van der Waals surface area (Å²) in [5.41, 5.74) is 8.50. The number of likely N-dealkylation sites (N-methyl/N-ethyl adjacent to an activating group) is 1. The van der Waals surface area contributed by atoms with Crippen LogP contribution in [0.15, 0.2) is 0 Å². The zero-order valence-corrected chi connectivity index (χ0v) is 34.2. The first-order chi connectivity index (χ1) is 23.9. The second kappa shape index (κ2) is 66.2. The lowest BCUT2D eigenvalue weighted by Gasteiger charge is -2.29. The van der Waals surface area contributed by atoms with Gasteiger partial charge >= 0.3 is 54.0 Å². The summed E-state index contributed by atoms with van der Waals surface area (Å²) in [5.74, 6) is -6.62. The van der Waals surface area contributed by atoms with Crippen LogP contribution in [0.1, 0.15) is 14.4 Å². The number of nitrogens with one attached hydrogen (secondary N) is 2. The van der Waals surface area contributed by atoms with E-state index >= 15 is 0 Å². The molecule has 2 unspecified atom stereocenters. The molecule has 0 bridgehead atoms. The number of primary amides is 2. The van der Waals surface area contributed by atoms with Crippen molar-refractivity contribution in [1.29, 1.82) is 0 Å². The van der Waals surface area contributed by atoms with Crippen LogP contribution in [0.3, 0.4) is 0 Å². The van der Waals surface area contributed by atoms with E-state index in [1.165, 1.54) is 4.90 Å². The lowest BCUT2D eigenvalue weighted by atomic mass is 10.4. The number of aliphatic carboxylic acids is 6. The summed E-state index contributed by atoms with van der Waals surface area (Å²) in [5, 5.41) is 90.1. The van der Waals surface area contributed by atoms with Gasteiger partial charge in [0.05, 0.1) is 39.3 Å². The monoisotopic (exact) mass is 963 g/mol. The predicted octanol–water partition coefficient (Wildman–Crippen LogP) is -10.5. The summed E-state index contributed by atoms with van der Waals surface area (Å²) in [6, 6.07) is -2.02. The second-order valence-electron chi connectivity index (χ2n) is 8.43. The van der Waals surface area contributed by atoms with E-state index in [1.54, 1.807) is 0 Å². The normalized spacial score (nSPS) is 7.97. The number of hydrogen-bond acceptors (Lipinski definition) is 17. The average molecular weight is 964 g/mol. The number of rotatable bonds is 19. The van der Waals surface area contributed by atoms with Gasteiger partial charge < -0.3 is 116 Å². The van der Waals surface area contributed by atoms with Crippen molar-refractivity contribution >= 4 is 84.9 Å². The Balaban J connectivity index is -0.0000000381. The number of urea groups is 2. The van der Waals surface area contributed by atoms with E-state index in [9.17, 15) is 33.6 Å². The maximum absolute atomic E-state index is 11.9. The minimum atomic E-state index is -2.01. The Morgan fingerprint density at radius 1 is 0.583 bits per heavy atom. The van der Waals surface area contributed by atoms with Crippen molar-refractivity contribution in [3.63, 3.8) is 0 Å². The molecular formula is C24H64ClN7O26P2. The van der Waals surface area contributed by atoms with Crippen molar-refractivity contribution in [2.24, 2.45) is 11.5 Å². The van der Waals surface area contributed by atoms with Gasteiger partial charge in [-0.25, -0.2) is 9.59 Å². The van der Waals surface area contributed by atoms with Crippen LogP contribution in [0.2, 0.25) is 0 Å². The maximum Gasteiger partial charge on any atom is 0.373 e. The highest BCUT2D eigenvalue weighted by molar-refractivity contribution is 7.16. The molecule has 33 nitrogen and oxygen atoms in total. The molecule has 36 heteroatoms. The first-order valence-corrected chi connectivity index (χ1v) is 15.2. The topological polar surface area (TPSA) is 648 Å². The van der Waals surface area contributed by atoms with Gasteiger partial charge in [0.1, 0.15) is 13.1 Å². The Morgan fingerprint density at radius 3 is 1.00 bits per heavy atom. The van der Waals surface area contributed by atoms with Crippen LogP contribution < -0.4 is 22.1 Å². The Bertz CT molecular complexity index is 1030. The molecule has 368 valence electrons. The molecule has 0 aliphatic rings. The molecule has 0 aromatic rings. The van der Waals surface area contributed by atoms with Crippen LogP contribution in [0.25, 0.3) is 0 Å². The van der Waals surface area contributed by atoms with Crippen LogP contribution in [-0.2, 0) is 38.4 Å². The molecule has 0 aromatic heterocycles. The van der Waals surface area contributed by atoms with E-state index in [-0.39, 0.29) is 85.0 Å². The smallest absolute Gasteiger partial charge is 0.373 e. The Morgan fingerprint density at radius 2 is 0.850 bits per heavy atom. The van der Waals surface area contributed by atoms with Gasteiger partial charge in [0.2, 0.25) is 0 Å². The number of nitrogens with zero attached hydrogens (tertiary/aromatic N) is 3. The number of nitrogens with two attached hydrogens (primary N) is 2. The Kier molecular flexibility index (Phi) is 106. The summed E-state index contributed by atoms with van der Waals surface area (Å²) >= 11 is 0. The van der Waals surface area contributed by atoms with E-state index in [1.807, 2.05) is 6.92 Å². The summed E-state index contributed by atoms with van der Waals surface area (Å²) in [4.78, 5) is 100. The summed E-state index contributed by atoms with van der Waals surface area (Å²) in [6.45, 7) is -1.16. The zero-order valence-electron chi connectivity index (χ0n) is 31.0. The van der Waals surface area contributed by atoms with E-state index in [0.29, 0.717) is 28.9 Å². The Hall–Kier alpha value is -4.63. The third-order valence-electron chi connectivity index (χ3n) is 3.88. The fourth-order valence-electron chi connectivity index (χ4n) is 2.32. The highest BCUT2D eigenvalue weighted by Crippen LogP contribution is 2.02. The fraction of sp³-hybridized carbons (Fsp3) is 0.625. The van der Waals surface area contributed by atoms with Gasteiger partial charge in [0, 0.05) is 12.6 Å². The highest BCUT2D eigenvalue weighted by atomic mass is 35.5. The van der Waals surface area contributed by atoms with Gasteiger partial charge in [-0.3, -0.25) is 33.7 Å².